The van der Waals surface area contributed by atoms with Gasteiger partial charge in [0.1, 0.15) is 5.75 Å². The number of aromatic amines is 1. The second kappa shape index (κ2) is 6.18. The summed E-state index contributed by atoms with van der Waals surface area (Å²) < 4.78 is 5.06. The van der Waals surface area contributed by atoms with Gasteiger partial charge in [-0.15, -0.1) is 0 Å². The maximum absolute atomic E-state index is 12.0. The first-order valence-corrected chi connectivity index (χ1v) is 6.85. The van der Waals surface area contributed by atoms with Gasteiger partial charge in [0.15, 0.2) is 0 Å². The Balaban J connectivity index is 1.68. The van der Waals surface area contributed by atoms with Crippen LogP contribution < -0.4 is 15.4 Å². The van der Waals surface area contributed by atoms with Gasteiger partial charge >= 0.3 is 11.8 Å². The molecule has 0 aliphatic rings. The second-order valence-corrected chi connectivity index (χ2v) is 4.81. The zero-order valence-corrected chi connectivity index (χ0v) is 12.3. The van der Waals surface area contributed by atoms with E-state index in [1.54, 1.807) is 48.7 Å². The summed E-state index contributed by atoms with van der Waals surface area (Å²) >= 11 is 0. The molecule has 3 rings (SSSR count). The number of benzene rings is 2. The number of amides is 2. The summed E-state index contributed by atoms with van der Waals surface area (Å²) in [6, 6.07) is 12.0. The van der Waals surface area contributed by atoms with Gasteiger partial charge in [0.2, 0.25) is 0 Å². The van der Waals surface area contributed by atoms with Gasteiger partial charge in [0, 0.05) is 22.8 Å². The van der Waals surface area contributed by atoms with Crippen LogP contribution in [0.3, 0.4) is 0 Å². The maximum atomic E-state index is 12.0. The smallest absolute Gasteiger partial charge is 0.314 e. The first-order valence-electron chi connectivity index (χ1n) is 6.85. The van der Waals surface area contributed by atoms with Crippen LogP contribution in [-0.2, 0) is 9.59 Å². The minimum absolute atomic E-state index is 0.480. The van der Waals surface area contributed by atoms with Crippen LogP contribution in [0.25, 0.3) is 10.9 Å². The van der Waals surface area contributed by atoms with Crippen LogP contribution >= 0.6 is 0 Å². The Labute approximate surface area is 131 Å². The second-order valence-electron chi connectivity index (χ2n) is 4.81. The van der Waals surface area contributed by atoms with Crippen LogP contribution in [-0.4, -0.2) is 29.1 Å². The van der Waals surface area contributed by atoms with Crippen LogP contribution in [0.5, 0.6) is 5.75 Å². The van der Waals surface area contributed by atoms with E-state index in [1.165, 1.54) is 7.11 Å². The molecule has 23 heavy (non-hydrogen) atoms. The Hall–Kier alpha value is -3.35. The van der Waals surface area contributed by atoms with Crippen molar-refractivity contribution in [3.63, 3.8) is 0 Å². The molecule has 1 heterocycles. The van der Waals surface area contributed by atoms with Crippen molar-refractivity contribution < 1.29 is 14.3 Å². The van der Waals surface area contributed by atoms with E-state index in [2.05, 4.69) is 20.8 Å². The lowest BCUT2D eigenvalue weighted by molar-refractivity contribution is -0.132. The molecule has 0 radical (unpaired) electrons. The Morgan fingerprint density at radius 3 is 2.52 bits per heavy atom. The molecule has 2 amide bonds. The summed E-state index contributed by atoms with van der Waals surface area (Å²) in [4.78, 5) is 23.9. The van der Waals surface area contributed by atoms with Crippen LogP contribution in [0.2, 0.25) is 0 Å². The summed E-state index contributed by atoms with van der Waals surface area (Å²) in [6.45, 7) is 0. The number of nitrogens with one attached hydrogen (secondary N) is 3. The van der Waals surface area contributed by atoms with E-state index >= 15 is 0 Å². The number of carbonyl (C=O) groups is 2. The first-order chi connectivity index (χ1) is 11.2. The number of aromatic nitrogens is 2. The highest BCUT2D eigenvalue weighted by Gasteiger charge is 2.14. The molecule has 0 aliphatic carbocycles. The van der Waals surface area contributed by atoms with Gasteiger partial charge in [0.25, 0.3) is 0 Å². The third-order valence-corrected chi connectivity index (χ3v) is 3.23. The molecular formula is C16H14N4O3. The third-order valence-electron chi connectivity index (χ3n) is 3.23. The van der Waals surface area contributed by atoms with E-state index in [4.69, 9.17) is 4.74 Å². The minimum Gasteiger partial charge on any atom is -0.497 e. The van der Waals surface area contributed by atoms with Gasteiger partial charge in [-0.25, -0.2) is 0 Å². The highest BCUT2D eigenvalue weighted by molar-refractivity contribution is 6.43. The van der Waals surface area contributed by atoms with Gasteiger partial charge < -0.3 is 15.4 Å². The predicted molar refractivity (Wildman–Crippen MR) is 86.3 cm³/mol. The lowest BCUT2D eigenvalue weighted by atomic mass is 10.2. The molecular weight excluding hydrogens is 296 g/mol. The minimum atomic E-state index is -0.761. The SMILES string of the molecule is COc1cccc(NC(=O)C(=O)Nc2ccc3cn[nH]c3c2)c1. The zero-order chi connectivity index (χ0) is 16.2. The molecule has 1 aromatic heterocycles. The molecule has 116 valence electrons. The monoisotopic (exact) mass is 310 g/mol. The van der Waals surface area contributed by atoms with Crippen LogP contribution in [0.4, 0.5) is 11.4 Å². The van der Waals surface area contributed by atoms with E-state index in [0.29, 0.717) is 17.1 Å². The van der Waals surface area contributed by atoms with Gasteiger partial charge in [-0.2, -0.15) is 5.10 Å². The number of hydrogen-bond acceptors (Lipinski definition) is 4. The van der Waals surface area contributed by atoms with E-state index in [-0.39, 0.29) is 0 Å². The van der Waals surface area contributed by atoms with E-state index in [1.807, 2.05) is 0 Å². The molecule has 3 aromatic rings. The van der Waals surface area contributed by atoms with Gasteiger partial charge in [-0.3, -0.25) is 14.7 Å². The predicted octanol–water partition coefficient (Wildman–Crippen LogP) is 2.15. The molecule has 0 aliphatic heterocycles. The van der Waals surface area contributed by atoms with Crippen molar-refractivity contribution in [1.82, 2.24) is 10.2 Å². The molecule has 0 fully saturated rings. The summed E-state index contributed by atoms with van der Waals surface area (Å²) in [5.74, 6) is -0.928. The fourth-order valence-corrected chi connectivity index (χ4v) is 2.09. The molecule has 0 unspecified atom stereocenters. The number of carbonyl (C=O) groups excluding carboxylic acids is 2. The number of methoxy groups -OCH3 is 1. The molecule has 0 saturated heterocycles. The van der Waals surface area contributed by atoms with Crippen molar-refractivity contribution in [3.05, 3.63) is 48.7 Å². The Morgan fingerprint density at radius 1 is 1.04 bits per heavy atom. The Kier molecular flexibility index (Phi) is 3.92. The molecule has 0 spiro atoms. The number of H-pyrrole nitrogens is 1. The Bertz CT molecular complexity index is 872. The first kappa shape index (κ1) is 14.6. The molecule has 2 aromatic carbocycles. The topological polar surface area (TPSA) is 96.1 Å². The summed E-state index contributed by atoms with van der Waals surface area (Å²) in [5.41, 5.74) is 1.76. The molecule has 7 nitrogen and oxygen atoms in total. The summed E-state index contributed by atoms with van der Waals surface area (Å²) in [6.07, 6.45) is 1.68. The molecule has 0 atom stereocenters. The van der Waals surface area contributed by atoms with Crippen LogP contribution in [0.15, 0.2) is 48.7 Å². The normalized spacial score (nSPS) is 10.3. The van der Waals surface area contributed by atoms with Gasteiger partial charge in [0.05, 0.1) is 18.8 Å². The standard InChI is InChI=1S/C16H14N4O3/c1-23-13-4-2-3-11(7-13)18-15(21)16(22)19-12-6-5-10-9-17-20-14(10)8-12/h2-9H,1H3,(H,17,20)(H,18,21)(H,19,22). The number of fused-ring (bicyclic) bond motifs is 1. The number of anilines is 2. The largest absolute Gasteiger partial charge is 0.497 e. The molecule has 0 saturated carbocycles. The average Bonchev–Trinajstić information content (AvgIpc) is 3.02. The van der Waals surface area contributed by atoms with Crippen molar-refractivity contribution in [2.75, 3.05) is 17.7 Å². The van der Waals surface area contributed by atoms with E-state index < -0.39 is 11.8 Å². The quantitative estimate of drug-likeness (QED) is 0.646. The van der Waals surface area contributed by atoms with E-state index in [9.17, 15) is 9.59 Å². The van der Waals surface area contributed by atoms with Crippen LogP contribution in [0, 0.1) is 0 Å². The third kappa shape index (κ3) is 3.29. The Morgan fingerprint density at radius 2 is 1.78 bits per heavy atom. The molecule has 3 N–H and O–H groups in total. The van der Waals surface area contributed by atoms with Gasteiger partial charge in [-0.1, -0.05) is 6.07 Å². The summed E-state index contributed by atoms with van der Waals surface area (Å²) in [5, 5.41) is 12.7. The number of hydrogen-bond donors (Lipinski definition) is 3. The number of ether oxygens (including phenoxy) is 1. The fourth-order valence-electron chi connectivity index (χ4n) is 2.09. The van der Waals surface area contributed by atoms with E-state index in [0.717, 1.165) is 10.9 Å². The highest BCUT2D eigenvalue weighted by Crippen LogP contribution is 2.18. The fraction of sp³-hybridized carbons (Fsp3) is 0.0625. The molecule has 7 heteroatoms. The van der Waals surface area contributed by atoms with Crippen molar-refractivity contribution in [3.8, 4) is 5.75 Å². The number of rotatable bonds is 3. The van der Waals surface area contributed by atoms with Crippen molar-refractivity contribution in [1.29, 1.82) is 0 Å². The highest BCUT2D eigenvalue weighted by atomic mass is 16.5. The summed E-state index contributed by atoms with van der Waals surface area (Å²) in [7, 11) is 1.53. The van der Waals surface area contributed by atoms with Crippen LogP contribution in [0.1, 0.15) is 0 Å². The number of nitrogens with zero attached hydrogens (tertiary/aromatic N) is 1. The van der Waals surface area contributed by atoms with Crippen molar-refractivity contribution >= 4 is 34.1 Å². The molecule has 0 bridgehead atoms. The zero-order valence-electron chi connectivity index (χ0n) is 12.3. The lowest BCUT2D eigenvalue weighted by Gasteiger charge is -2.08. The average molecular weight is 310 g/mol. The maximum Gasteiger partial charge on any atom is 0.314 e. The van der Waals surface area contributed by atoms with Gasteiger partial charge in [-0.05, 0) is 30.3 Å². The van der Waals surface area contributed by atoms with Crippen molar-refractivity contribution in [2.45, 2.75) is 0 Å². The van der Waals surface area contributed by atoms with Crippen molar-refractivity contribution in [2.24, 2.45) is 0 Å². The lowest BCUT2D eigenvalue weighted by Crippen LogP contribution is -2.29.